The monoisotopic (exact) mass is 276 g/mol. The molecule has 0 saturated carbocycles. The van der Waals surface area contributed by atoms with Crippen LogP contribution in [0.1, 0.15) is 33.6 Å². The maximum atomic E-state index is 4.75. The van der Waals surface area contributed by atoms with Crippen molar-refractivity contribution in [3.05, 3.63) is 18.2 Å². The molecule has 20 heavy (non-hydrogen) atoms. The van der Waals surface area contributed by atoms with Crippen LogP contribution in [0.25, 0.3) is 0 Å². The van der Waals surface area contributed by atoms with E-state index in [1.54, 1.807) is 0 Å². The van der Waals surface area contributed by atoms with Crippen molar-refractivity contribution in [2.24, 2.45) is 0 Å². The molecular formula is C16H28N4. The molecule has 0 unspecified atom stereocenters. The molecule has 1 saturated heterocycles. The molecular weight excluding hydrogens is 248 g/mol. The van der Waals surface area contributed by atoms with Crippen LogP contribution in [0.4, 0.5) is 11.6 Å². The van der Waals surface area contributed by atoms with Crippen LogP contribution in [0.5, 0.6) is 0 Å². The molecule has 4 heteroatoms. The van der Waals surface area contributed by atoms with E-state index in [9.17, 15) is 0 Å². The largest absolute Gasteiger partial charge is 0.365 e. The van der Waals surface area contributed by atoms with Crippen LogP contribution in [-0.4, -0.2) is 48.6 Å². The summed E-state index contributed by atoms with van der Waals surface area (Å²) in [6.45, 7) is 8.65. The fourth-order valence-corrected chi connectivity index (χ4v) is 2.66. The lowest BCUT2D eigenvalue weighted by Gasteiger charge is -2.36. The lowest BCUT2D eigenvalue weighted by atomic mass is 10.0. The van der Waals surface area contributed by atoms with Gasteiger partial charge in [0.2, 0.25) is 0 Å². The Kier molecular flexibility index (Phi) is 4.53. The first-order valence-electron chi connectivity index (χ1n) is 7.52. The van der Waals surface area contributed by atoms with Gasteiger partial charge in [-0.25, -0.2) is 4.98 Å². The second kappa shape index (κ2) is 6.00. The summed E-state index contributed by atoms with van der Waals surface area (Å²) >= 11 is 0. The molecule has 0 bridgehead atoms. The van der Waals surface area contributed by atoms with E-state index in [0.29, 0.717) is 6.04 Å². The molecule has 1 fully saturated rings. The highest BCUT2D eigenvalue weighted by Gasteiger charge is 2.21. The summed E-state index contributed by atoms with van der Waals surface area (Å²) in [7, 11) is 4.35. The zero-order chi connectivity index (χ0) is 14.8. The summed E-state index contributed by atoms with van der Waals surface area (Å²) in [5.74, 6) is 2.06. The van der Waals surface area contributed by atoms with Crippen LogP contribution in [0.3, 0.4) is 0 Å². The van der Waals surface area contributed by atoms with E-state index >= 15 is 0 Å². The lowest BCUT2D eigenvalue weighted by Crippen LogP contribution is -2.42. The molecule has 0 aliphatic carbocycles. The van der Waals surface area contributed by atoms with E-state index in [2.05, 4.69) is 62.1 Å². The maximum Gasteiger partial charge on any atom is 0.130 e. The first-order chi connectivity index (χ1) is 9.35. The lowest BCUT2D eigenvalue weighted by molar-refractivity contribution is 0.249. The Balaban J connectivity index is 2.01. The molecule has 2 heterocycles. The Bertz CT molecular complexity index is 428. The fraction of sp³-hybridized carbons (Fsp3) is 0.688. The van der Waals surface area contributed by atoms with Crippen molar-refractivity contribution in [2.45, 2.75) is 45.2 Å². The van der Waals surface area contributed by atoms with E-state index in [1.807, 2.05) is 6.07 Å². The number of rotatable bonds is 3. The Morgan fingerprint density at radius 2 is 1.85 bits per heavy atom. The summed E-state index contributed by atoms with van der Waals surface area (Å²) in [5.41, 5.74) is 0.0452. The maximum absolute atomic E-state index is 4.75. The Labute approximate surface area is 123 Å². The van der Waals surface area contributed by atoms with E-state index in [4.69, 9.17) is 4.98 Å². The third-order valence-electron chi connectivity index (χ3n) is 3.76. The quantitative estimate of drug-likeness (QED) is 0.920. The highest BCUT2D eigenvalue weighted by Crippen LogP contribution is 2.22. The molecule has 1 aliphatic rings. The zero-order valence-corrected chi connectivity index (χ0v) is 13.5. The SMILES string of the molecule is CN(C)C1CCN(c2cccc(NC(C)(C)C)n2)CC1. The third-order valence-corrected chi connectivity index (χ3v) is 3.76. The number of nitrogens with zero attached hydrogens (tertiary/aromatic N) is 3. The van der Waals surface area contributed by atoms with Gasteiger partial charge in [0.25, 0.3) is 0 Å². The molecule has 0 amide bonds. The molecule has 1 aliphatic heterocycles. The molecule has 1 aromatic heterocycles. The summed E-state index contributed by atoms with van der Waals surface area (Å²) in [4.78, 5) is 9.49. The van der Waals surface area contributed by atoms with Gasteiger partial charge in [-0.3, -0.25) is 0 Å². The number of aromatic nitrogens is 1. The van der Waals surface area contributed by atoms with Gasteiger partial charge in [0.05, 0.1) is 0 Å². The number of piperidine rings is 1. The summed E-state index contributed by atoms with van der Waals surface area (Å²) < 4.78 is 0. The van der Waals surface area contributed by atoms with Gasteiger partial charge in [-0.15, -0.1) is 0 Å². The molecule has 1 N–H and O–H groups in total. The highest BCUT2D eigenvalue weighted by molar-refractivity contribution is 5.48. The molecule has 4 nitrogen and oxygen atoms in total. The van der Waals surface area contributed by atoms with Crippen LogP contribution in [0.15, 0.2) is 18.2 Å². The van der Waals surface area contributed by atoms with Gasteiger partial charge in [-0.05, 0) is 59.8 Å². The first kappa shape index (κ1) is 15.1. The van der Waals surface area contributed by atoms with Gasteiger partial charge in [0.15, 0.2) is 0 Å². The average molecular weight is 276 g/mol. The van der Waals surface area contributed by atoms with Crippen molar-refractivity contribution in [3.8, 4) is 0 Å². The number of hydrogen-bond acceptors (Lipinski definition) is 4. The summed E-state index contributed by atoms with van der Waals surface area (Å²) in [6.07, 6.45) is 2.43. The second-order valence-corrected chi connectivity index (χ2v) is 6.94. The summed E-state index contributed by atoms with van der Waals surface area (Å²) in [5, 5.41) is 3.44. The predicted octanol–water partition coefficient (Wildman–Crippen LogP) is 2.82. The minimum Gasteiger partial charge on any atom is -0.365 e. The molecule has 0 aromatic carbocycles. The highest BCUT2D eigenvalue weighted by atomic mass is 15.2. The molecule has 0 spiro atoms. The van der Waals surface area contributed by atoms with E-state index < -0.39 is 0 Å². The molecule has 112 valence electrons. The molecule has 1 aromatic rings. The van der Waals surface area contributed by atoms with Crippen LogP contribution in [0.2, 0.25) is 0 Å². The van der Waals surface area contributed by atoms with Crippen LogP contribution in [0, 0.1) is 0 Å². The van der Waals surface area contributed by atoms with Gasteiger partial charge in [-0.2, -0.15) is 0 Å². The van der Waals surface area contributed by atoms with Crippen molar-refractivity contribution < 1.29 is 0 Å². The number of pyridine rings is 1. The van der Waals surface area contributed by atoms with Gasteiger partial charge < -0.3 is 15.1 Å². The van der Waals surface area contributed by atoms with Crippen molar-refractivity contribution in [2.75, 3.05) is 37.4 Å². The molecule has 0 atom stereocenters. The minimum atomic E-state index is 0.0452. The Hall–Kier alpha value is -1.29. The van der Waals surface area contributed by atoms with Gasteiger partial charge >= 0.3 is 0 Å². The normalized spacial score (nSPS) is 17.6. The second-order valence-electron chi connectivity index (χ2n) is 6.94. The van der Waals surface area contributed by atoms with Crippen molar-refractivity contribution in [1.29, 1.82) is 0 Å². The van der Waals surface area contributed by atoms with Crippen LogP contribution >= 0.6 is 0 Å². The number of anilines is 2. The van der Waals surface area contributed by atoms with Gasteiger partial charge in [0.1, 0.15) is 11.6 Å². The molecule has 0 radical (unpaired) electrons. The Morgan fingerprint density at radius 1 is 1.20 bits per heavy atom. The standard InChI is InChI=1S/C16H28N4/c1-16(2,3)18-14-7-6-8-15(17-14)20-11-9-13(10-12-20)19(4)5/h6-8,13H,9-12H2,1-5H3,(H,17,18). The van der Waals surface area contributed by atoms with E-state index in [0.717, 1.165) is 24.7 Å². The number of hydrogen-bond donors (Lipinski definition) is 1. The average Bonchev–Trinajstić information content (AvgIpc) is 2.37. The van der Waals surface area contributed by atoms with E-state index in [-0.39, 0.29) is 5.54 Å². The van der Waals surface area contributed by atoms with Crippen molar-refractivity contribution in [3.63, 3.8) is 0 Å². The topological polar surface area (TPSA) is 31.4 Å². The predicted molar refractivity (Wildman–Crippen MR) is 86.5 cm³/mol. The minimum absolute atomic E-state index is 0.0452. The van der Waals surface area contributed by atoms with Crippen LogP contribution < -0.4 is 10.2 Å². The summed E-state index contributed by atoms with van der Waals surface area (Å²) in [6, 6.07) is 6.96. The zero-order valence-electron chi connectivity index (χ0n) is 13.5. The third kappa shape index (κ3) is 4.10. The van der Waals surface area contributed by atoms with E-state index in [1.165, 1.54) is 12.8 Å². The molecule has 2 rings (SSSR count). The number of nitrogens with one attached hydrogen (secondary N) is 1. The van der Waals surface area contributed by atoms with Crippen molar-refractivity contribution >= 4 is 11.6 Å². The van der Waals surface area contributed by atoms with Crippen LogP contribution in [-0.2, 0) is 0 Å². The fourth-order valence-electron chi connectivity index (χ4n) is 2.66. The van der Waals surface area contributed by atoms with Gasteiger partial charge in [0, 0.05) is 24.7 Å². The van der Waals surface area contributed by atoms with Crippen molar-refractivity contribution in [1.82, 2.24) is 9.88 Å². The first-order valence-corrected chi connectivity index (χ1v) is 7.52. The van der Waals surface area contributed by atoms with Gasteiger partial charge in [-0.1, -0.05) is 6.07 Å². The smallest absolute Gasteiger partial charge is 0.130 e. The Morgan fingerprint density at radius 3 is 2.40 bits per heavy atom.